The van der Waals surface area contributed by atoms with Crippen LogP contribution in [0.3, 0.4) is 0 Å². The number of ether oxygens (including phenoxy) is 3. The van der Waals surface area contributed by atoms with E-state index in [-0.39, 0.29) is 13.0 Å². The van der Waals surface area contributed by atoms with E-state index in [2.05, 4.69) is 4.74 Å². The van der Waals surface area contributed by atoms with Crippen LogP contribution in [0, 0.1) is 0 Å². The summed E-state index contributed by atoms with van der Waals surface area (Å²) in [6.07, 6.45) is 0.396. The number of amides is 2. The van der Waals surface area contributed by atoms with Gasteiger partial charge in [-0.25, -0.2) is 19.3 Å². The molecule has 2 amide bonds. The smallest absolute Gasteiger partial charge is 0.419 e. The van der Waals surface area contributed by atoms with Crippen molar-refractivity contribution in [3.05, 3.63) is 12.2 Å². The minimum atomic E-state index is -0.909. The summed E-state index contributed by atoms with van der Waals surface area (Å²) in [5.41, 5.74) is -1.53. The number of nitrogens with zero attached hydrogens (tertiary/aromatic N) is 1. The first-order valence-corrected chi connectivity index (χ1v) is 8.43. The van der Waals surface area contributed by atoms with Crippen molar-refractivity contribution < 1.29 is 33.7 Å². The van der Waals surface area contributed by atoms with E-state index in [0.29, 0.717) is 6.42 Å². The van der Waals surface area contributed by atoms with E-state index in [0.717, 1.165) is 11.0 Å². The maximum atomic E-state index is 12.3. The number of imide groups is 1. The van der Waals surface area contributed by atoms with Gasteiger partial charge in [0.25, 0.3) is 0 Å². The van der Waals surface area contributed by atoms with Gasteiger partial charge in [-0.3, -0.25) is 0 Å². The summed E-state index contributed by atoms with van der Waals surface area (Å²) in [6.45, 7) is 10.2. The van der Waals surface area contributed by atoms with Crippen LogP contribution in [0.5, 0.6) is 0 Å². The second-order valence-electron chi connectivity index (χ2n) is 7.70. The number of carbonyl (C=O) groups is 3. The molecule has 0 aliphatic heterocycles. The van der Waals surface area contributed by atoms with E-state index in [1.807, 2.05) is 0 Å². The van der Waals surface area contributed by atoms with Crippen molar-refractivity contribution >= 4 is 18.2 Å². The van der Waals surface area contributed by atoms with Crippen molar-refractivity contribution in [1.82, 2.24) is 4.90 Å². The van der Waals surface area contributed by atoms with Gasteiger partial charge in [-0.2, -0.15) is 0 Å². The molecule has 1 atom stereocenters. The van der Waals surface area contributed by atoms with Gasteiger partial charge in [-0.1, -0.05) is 0 Å². The number of carbonyl (C=O) groups excluding carboxylic acids is 3. The quantitative estimate of drug-likeness (QED) is 0.434. The third-order valence-corrected chi connectivity index (χ3v) is 2.77. The van der Waals surface area contributed by atoms with Crippen LogP contribution in [0.4, 0.5) is 9.59 Å². The van der Waals surface area contributed by atoms with Crippen molar-refractivity contribution in [2.24, 2.45) is 0 Å². The Bertz CT molecular complexity index is 487. The van der Waals surface area contributed by atoms with E-state index < -0.39 is 35.5 Å². The lowest BCUT2D eigenvalue weighted by molar-refractivity contribution is -0.134. The third-order valence-electron chi connectivity index (χ3n) is 2.77. The standard InChI is InChI=1S/C18H31NO7/c1-17(2,3)25-15(22)19(16(23)26-18(4,5)6)12-8-9-13(20)10-11-14(21)24-7/h10-11,13,20H,8-9,12H2,1-7H3/b11-10+/t13-/m0/s1. The lowest BCUT2D eigenvalue weighted by Gasteiger charge is -2.28. The van der Waals surface area contributed by atoms with Gasteiger partial charge >= 0.3 is 18.2 Å². The molecular formula is C18H31NO7. The van der Waals surface area contributed by atoms with E-state index >= 15 is 0 Å². The lowest BCUT2D eigenvalue weighted by atomic mass is 10.2. The molecule has 0 aromatic heterocycles. The number of hydrogen-bond acceptors (Lipinski definition) is 7. The molecule has 1 N–H and O–H groups in total. The van der Waals surface area contributed by atoms with E-state index in [4.69, 9.17) is 9.47 Å². The van der Waals surface area contributed by atoms with Crippen molar-refractivity contribution in [1.29, 1.82) is 0 Å². The Kier molecular flexibility index (Phi) is 9.34. The second-order valence-corrected chi connectivity index (χ2v) is 7.70. The molecule has 8 nitrogen and oxygen atoms in total. The molecule has 0 unspecified atom stereocenters. The summed E-state index contributed by atoms with van der Waals surface area (Å²) >= 11 is 0. The SMILES string of the molecule is COC(=O)/C=C/[C@@H](O)CCCN(C(=O)OC(C)(C)C)C(=O)OC(C)(C)C. The summed E-state index contributed by atoms with van der Waals surface area (Å²) in [6, 6.07) is 0. The second kappa shape index (κ2) is 10.2. The highest BCUT2D eigenvalue weighted by Crippen LogP contribution is 2.15. The molecule has 0 rings (SSSR count). The van der Waals surface area contributed by atoms with Gasteiger partial charge in [0.1, 0.15) is 11.2 Å². The summed E-state index contributed by atoms with van der Waals surface area (Å²) in [5, 5.41) is 9.81. The fourth-order valence-corrected chi connectivity index (χ4v) is 1.70. The average Bonchev–Trinajstić information content (AvgIpc) is 2.45. The molecule has 0 aliphatic carbocycles. The maximum Gasteiger partial charge on any atom is 0.419 e. The number of rotatable bonds is 6. The lowest BCUT2D eigenvalue weighted by Crippen LogP contribution is -2.44. The van der Waals surface area contributed by atoms with Crippen LogP contribution in [0.15, 0.2) is 12.2 Å². The molecule has 0 spiro atoms. The van der Waals surface area contributed by atoms with Crippen molar-refractivity contribution in [3.8, 4) is 0 Å². The zero-order valence-corrected chi connectivity index (χ0v) is 16.7. The van der Waals surface area contributed by atoms with Crippen molar-refractivity contribution in [2.45, 2.75) is 71.7 Å². The summed E-state index contributed by atoms with van der Waals surface area (Å²) < 4.78 is 14.9. The van der Waals surface area contributed by atoms with Gasteiger partial charge in [0.2, 0.25) is 0 Å². The number of aliphatic hydroxyl groups is 1. The molecule has 0 saturated carbocycles. The first-order valence-electron chi connectivity index (χ1n) is 8.43. The van der Waals surface area contributed by atoms with Crippen LogP contribution >= 0.6 is 0 Å². The van der Waals surface area contributed by atoms with Crippen molar-refractivity contribution in [2.75, 3.05) is 13.7 Å². The molecule has 0 saturated heterocycles. The van der Waals surface area contributed by atoms with Gasteiger partial charge in [0.05, 0.1) is 13.2 Å². The highest BCUT2D eigenvalue weighted by atomic mass is 16.6. The monoisotopic (exact) mass is 373 g/mol. The highest BCUT2D eigenvalue weighted by molar-refractivity contribution is 5.88. The molecule has 8 heteroatoms. The summed E-state index contributed by atoms with van der Waals surface area (Å²) in [5.74, 6) is -0.576. The number of methoxy groups -OCH3 is 1. The molecule has 0 bridgehead atoms. The maximum absolute atomic E-state index is 12.3. The zero-order valence-electron chi connectivity index (χ0n) is 16.7. The normalized spacial score (nSPS) is 13.2. The Hall–Kier alpha value is -2.09. The Balaban J connectivity index is 4.86. The molecular weight excluding hydrogens is 342 g/mol. The molecule has 26 heavy (non-hydrogen) atoms. The van der Waals surface area contributed by atoms with E-state index in [9.17, 15) is 19.5 Å². The average molecular weight is 373 g/mol. The number of esters is 1. The van der Waals surface area contributed by atoms with E-state index in [1.165, 1.54) is 13.2 Å². The van der Waals surface area contributed by atoms with Crippen LogP contribution < -0.4 is 0 Å². The Morgan fingerprint density at radius 1 is 1.00 bits per heavy atom. The van der Waals surface area contributed by atoms with Crippen LogP contribution in [0.2, 0.25) is 0 Å². The van der Waals surface area contributed by atoms with Crippen LogP contribution in [-0.4, -0.2) is 59.1 Å². The third kappa shape index (κ3) is 11.5. The van der Waals surface area contributed by atoms with Gasteiger partial charge < -0.3 is 19.3 Å². The molecule has 0 aromatic carbocycles. The largest absolute Gasteiger partial charge is 0.466 e. The molecule has 150 valence electrons. The van der Waals surface area contributed by atoms with Gasteiger partial charge in [-0.15, -0.1) is 0 Å². The molecule has 0 radical (unpaired) electrons. The zero-order chi connectivity index (χ0) is 20.5. The minimum Gasteiger partial charge on any atom is -0.466 e. The summed E-state index contributed by atoms with van der Waals surface area (Å²) in [7, 11) is 1.23. The first kappa shape index (κ1) is 23.9. The van der Waals surface area contributed by atoms with Gasteiger partial charge in [-0.05, 0) is 60.5 Å². The summed E-state index contributed by atoms with van der Waals surface area (Å²) in [4.78, 5) is 36.4. The number of aliphatic hydroxyl groups excluding tert-OH is 1. The topological polar surface area (TPSA) is 102 Å². The van der Waals surface area contributed by atoms with Gasteiger partial charge in [0.15, 0.2) is 0 Å². The Morgan fingerprint density at radius 2 is 1.46 bits per heavy atom. The van der Waals surface area contributed by atoms with Crippen LogP contribution in [-0.2, 0) is 19.0 Å². The fourth-order valence-electron chi connectivity index (χ4n) is 1.70. The molecule has 0 fully saturated rings. The minimum absolute atomic E-state index is 0.00690. The van der Waals surface area contributed by atoms with Crippen molar-refractivity contribution in [3.63, 3.8) is 0 Å². The van der Waals surface area contributed by atoms with Gasteiger partial charge in [0, 0.05) is 12.6 Å². The van der Waals surface area contributed by atoms with Crippen LogP contribution in [0.25, 0.3) is 0 Å². The van der Waals surface area contributed by atoms with E-state index in [1.54, 1.807) is 41.5 Å². The Labute approximate surface area is 155 Å². The molecule has 0 heterocycles. The molecule has 0 aliphatic rings. The highest BCUT2D eigenvalue weighted by Gasteiger charge is 2.30. The predicted octanol–water partition coefficient (Wildman–Crippen LogP) is 3.03. The fraction of sp³-hybridized carbons (Fsp3) is 0.722. The predicted molar refractivity (Wildman–Crippen MR) is 95.6 cm³/mol. The molecule has 0 aromatic rings. The Morgan fingerprint density at radius 3 is 1.85 bits per heavy atom. The first-order chi connectivity index (χ1) is 11.7. The number of hydrogen-bond donors (Lipinski definition) is 1. The van der Waals surface area contributed by atoms with Crippen LogP contribution in [0.1, 0.15) is 54.4 Å².